The summed E-state index contributed by atoms with van der Waals surface area (Å²) in [6.45, 7) is 0. The van der Waals surface area contributed by atoms with E-state index in [1.54, 1.807) is 0 Å². The molecule has 1 amide bonds. The highest BCUT2D eigenvalue weighted by Gasteiger charge is 2.42. The highest BCUT2D eigenvalue weighted by molar-refractivity contribution is 6.06. The fourth-order valence-electron chi connectivity index (χ4n) is 1.46. The van der Waals surface area contributed by atoms with Crippen molar-refractivity contribution >= 4 is 11.7 Å². The predicted octanol–water partition coefficient (Wildman–Crippen LogP) is 3.58. The minimum absolute atomic E-state index is 0.0961. The number of amidine groups is 1. The van der Waals surface area contributed by atoms with E-state index >= 15 is 0 Å². The topological polar surface area (TPSA) is 70.2 Å². The SMILES string of the molecule is N=C(N(N)C(=O)c1cc(C(F)(F)F)cc(C(F)(F)F)c1)C(F)(F)F. The Morgan fingerprint density at radius 1 is 0.875 bits per heavy atom. The summed E-state index contributed by atoms with van der Waals surface area (Å²) >= 11 is 0. The molecular formula is C11H6F9N3O. The molecule has 0 fully saturated rings. The number of nitrogens with one attached hydrogen (secondary N) is 1. The zero-order valence-corrected chi connectivity index (χ0v) is 11.1. The van der Waals surface area contributed by atoms with E-state index in [1.165, 1.54) is 0 Å². The van der Waals surface area contributed by atoms with Crippen molar-refractivity contribution in [3.63, 3.8) is 0 Å². The van der Waals surface area contributed by atoms with E-state index in [1.807, 2.05) is 0 Å². The van der Waals surface area contributed by atoms with Crippen LogP contribution in [-0.4, -0.2) is 22.9 Å². The molecule has 0 heterocycles. The molecule has 0 aliphatic rings. The first-order valence-corrected chi connectivity index (χ1v) is 5.59. The van der Waals surface area contributed by atoms with Gasteiger partial charge in [-0.1, -0.05) is 0 Å². The van der Waals surface area contributed by atoms with Gasteiger partial charge < -0.3 is 0 Å². The molecule has 0 aliphatic heterocycles. The molecule has 0 spiro atoms. The van der Waals surface area contributed by atoms with Crippen molar-refractivity contribution in [1.29, 1.82) is 5.41 Å². The number of hydrogen-bond donors (Lipinski definition) is 2. The number of alkyl halides is 9. The van der Waals surface area contributed by atoms with Crippen LogP contribution in [0.5, 0.6) is 0 Å². The molecule has 134 valence electrons. The van der Waals surface area contributed by atoms with Crippen LogP contribution in [0.2, 0.25) is 0 Å². The number of hydrogen-bond acceptors (Lipinski definition) is 3. The smallest absolute Gasteiger partial charge is 0.279 e. The number of nitrogens with two attached hydrogens (primary N) is 1. The third-order valence-electron chi connectivity index (χ3n) is 2.56. The van der Waals surface area contributed by atoms with Crippen molar-refractivity contribution in [3.8, 4) is 0 Å². The van der Waals surface area contributed by atoms with Crippen LogP contribution >= 0.6 is 0 Å². The summed E-state index contributed by atoms with van der Waals surface area (Å²) in [6, 6.07) is -0.505. The normalized spacial score (nSPS) is 12.9. The quantitative estimate of drug-likeness (QED) is 0.199. The average molecular weight is 367 g/mol. The van der Waals surface area contributed by atoms with Crippen molar-refractivity contribution in [1.82, 2.24) is 5.01 Å². The zero-order chi connectivity index (χ0) is 19.1. The van der Waals surface area contributed by atoms with E-state index in [-0.39, 0.29) is 18.2 Å². The van der Waals surface area contributed by atoms with E-state index < -0.39 is 52.0 Å². The summed E-state index contributed by atoms with van der Waals surface area (Å²) in [5, 5.41) is 5.70. The second kappa shape index (κ2) is 5.96. The Morgan fingerprint density at radius 2 is 1.25 bits per heavy atom. The Kier molecular flexibility index (Phi) is 4.90. The van der Waals surface area contributed by atoms with Crippen LogP contribution in [0.15, 0.2) is 18.2 Å². The average Bonchev–Trinajstić information content (AvgIpc) is 2.41. The monoisotopic (exact) mass is 367 g/mol. The van der Waals surface area contributed by atoms with Crippen LogP contribution in [0, 0.1) is 5.41 Å². The maximum atomic E-state index is 12.6. The van der Waals surface area contributed by atoms with E-state index in [0.717, 1.165) is 0 Å². The van der Waals surface area contributed by atoms with Gasteiger partial charge in [0.05, 0.1) is 11.1 Å². The lowest BCUT2D eigenvalue weighted by molar-refractivity contribution is -0.143. The fraction of sp³-hybridized carbons (Fsp3) is 0.273. The zero-order valence-electron chi connectivity index (χ0n) is 11.1. The molecule has 4 nitrogen and oxygen atoms in total. The number of rotatable bonds is 1. The van der Waals surface area contributed by atoms with Crippen LogP contribution in [0.3, 0.4) is 0 Å². The second-order valence-electron chi connectivity index (χ2n) is 4.32. The standard InChI is InChI=1S/C11H6F9N3O/c12-9(13,14)5-1-4(2-6(3-5)10(15,16)17)7(24)23(22)8(21)11(18,19)20/h1-3,21H,22H2. The van der Waals surface area contributed by atoms with Crippen molar-refractivity contribution in [3.05, 3.63) is 34.9 Å². The van der Waals surface area contributed by atoms with Crippen LogP contribution < -0.4 is 5.84 Å². The molecule has 0 aliphatic carbocycles. The van der Waals surface area contributed by atoms with Gasteiger partial charge in [0, 0.05) is 5.56 Å². The molecular weight excluding hydrogens is 361 g/mol. The van der Waals surface area contributed by atoms with E-state index in [4.69, 9.17) is 5.41 Å². The van der Waals surface area contributed by atoms with Gasteiger partial charge in [0.1, 0.15) is 0 Å². The predicted molar refractivity (Wildman–Crippen MR) is 60.6 cm³/mol. The van der Waals surface area contributed by atoms with Gasteiger partial charge in [-0.15, -0.1) is 0 Å². The number of hydrazine groups is 1. The number of carbonyl (C=O) groups excluding carboxylic acids is 1. The molecule has 0 saturated carbocycles. The van der Waals surface area contributed by atoms with Crippen LogP contribution in [-0.2, 0) is 12.4 Å². The Balaban J connectivity index is 3.43. The highest BCUT2D eigenvalue weighted by atomic mass is 19.4. The lowest BCUT2D eigenvalue weighted by Crippen LogP contribution is -2.48. The highest BCUT2D eigenvalue weighted by Crippen LogP contribution is 2.36. The first-order valence-electron chi connectivity index (χ1n) is 5.59. The summed E-state index contributed by atoms with van der Waals surface area (Å²) in [6.07, 6.45) is -16.0. The molecule has 1 rings (SSSR count). The van der Waals surface area contributed by atoms with E-state index in [9.17, 15) is 44.3 Å². The first-order chi connectivity index (χ1) is 10.5. The van der Waals surface area contributed by atoms with Crippen molar-refractivity contribution < 1.29 is 44.3 Å². The maximum Gasteiger partial charge on any atom is 0.450 e. The molecule has 1 aromatic carbocycles. The number of halogens is 9. The number of nitrogens with zero attached hydrogens (tertiary/aromatic N) is 1. The minimum atomic E-state index is -5.43. The van der Waals surface area contributed by atoms with Crippen LogP contribution in [0.4, 0.5) is 39.5 Å². The molecule has 0 bridgehead atoms. The molecule has 24 heavy (non-hydrogen) atoms. The largest absolute Gasteiger partial charge is 0.450 e. The fourth-order valence-corrected chi connectivity index (χ4v) is 1.46. The number of benzene rings is 1. The molecule has 0 saturated heterocycles. The molecule has 1 aromatic rings. The van der Waals surface area contributed by atoms with Gasteiger partial charge in [-0.3, -0.25) is 10.2 Å². The van der Waals surface area contributed by atoms with Gasteiger partial charge in [0.2, 0.25) is 5.84 Å². The Hall–Kier alpha value is -2.31. The summed E-state index contributed by atoms with van der Waals surface area (Å²) in [5.74, 6) is 0.153. The molecule has 3 N–H and O–H groups in total. The minimum Gasteiger partial charge on any atom is -0.279 e. The number of carbonyl (C=O) groups is 1. The number of amides is 1. The Morgan fingerprint density at radius 3 is 1.54 bits per heavy atom. The molecule has 0 aromatic heterocycles. The van der Waals surface area contributed by atoms with Crippen LogP contribution in [0.25, 0.3) is 0 Å². The second-order valence-corrected chi connectivity index (χ2v) is 4.32. The van der Waals surface area contributed by atoms with E-state index in [2.05, 4.69) is 5.84 Å². The third kappa shape index (κ3) is 4.37. The van der Waals surface area contributed by atoms with Crippen molar-refractivity contribution in [2.45, 2.75) is 18.5 Å². The summed E-state index contributed by atoms with van der Waals surface area (Å²) < 4.78 is 112. The molecule has 0 radical (unpaired) electrons. The van der Waals surface area contributed by atoms with Gasteiger partial charge >= 0.3 is 18.5 Å². The summed E-state index contributed by atoms with van der Waals surface area (Å²) in [7, 11) is 0. The van der Waals surface area contributed by atoms with Gasteiger partial charge in [-0.2, -0.15) is 39.5 Å². The summed E-state index contributed by atoms with van der Waals surface area (Å²) in [5.41, 5.74) is -5.23. The lowest BCUT2D eigenvalue weighted by Gasteiger charge is -2.20. The Bertz CT molecular complexity index is 628. The Labute approximate surface area is 127 Å². The van der Waals surface area contributed by atoms with Crippen molar-refractivity contribution in [2.75, 3.05) is 0 Å². The summed E-state index contributed by atoms with van der Waals surface area (Å²) in [4.78, 5) is 11.6. The molecule has 0 atom stereocenters. The molecule has 13 heteroatoms. The van der Waals surface area contributed by atoms with Gasteiger partial charge in [0.25, 0.3) is 5.91 Å². The third-order valence-corrected chi connectivity index (χ3v) is 2.56. The van der Waals surface area contributed by atoms with Gasteiger partial charge in [0.15, 0.2) is 0 Å². The maximum absolute atomic E-state index is 12.6. The van der Waals surface area contributed by atoms with Crippen LogP contribution in [0.1, 0.15) is 21.5 Å². The molecule has 0 unspecified atom stereocenters. The van der Waals surface area contributed by atoms with E-state index in [0.29, 0.717) is 0 Å². The van der Waals surface area contributed by atoms with Gasteiger partial charge in [-0.05, 0) is 18.2 Å². The van der Waals surface area contributed by atoms with Crippen molar-refractivity contribution in [2.24, 2.45) is 5.84 Å². The first kappa shape index (κ1) is 19.7. The lowest BCUT2D eigenvalue weighted by atomic mass is 10.0. The van der Waals surface area contributed by atoms with Gasteiger partial charge in [-0.25, -0.2) is 10.9 Å².